The molecule has 2 unspecified atom stereocenters. The molecule has 26 heavy (non-hydrogen) atoms. The lowest BCUT2D eigenvalue weighted by molar-refractivity contribution is -0.135. The molecule has 0 spiro atoms. The van der Waals surface area contributed by atoms with Gasteiger partial charge in [-0.05, 0) is 63.1 Å². The number of benzene rings is 1. The summed E-state index contributed by atoms with van der Waals surface area (Å²) in [5.74, 6) is -0.406. The third kappa shape index (κ3) is 4.09. The van der Waals surface area contributed by atoms with Gasteiger partial charge in [0.25, 0.3) is 5.91 Å². The van der Waals surface area contributed by atoms with Crippen LogP contribution in [0.4, 0.5) is 4.79 Å². The fraction of sp³-hybridized carbons (Fsp3) is 0.526. The van der Waals surface area contributed by atoms with Gasteiger partial charge >= 0.3 is 6.03 Å². The highest BCUT2D eigenvalue weighted by atomic mass is 79.9. The fourth-order valence-corrected chi connectivity index (χ4v) is 3.63. The minimum absolute atomic E-state index is 0.0401. The zero-order valence-electron chi connectivity index (χ0n) is 15.0. The van der Waals surface area contributed by atoms with E-state index in [9.17, 15) is 14.4 Å². The van der Waals surface area contributed by atoms with Gasteiger partial charge in [0, 0.05) is 10.5 Å². The van der Waals surface area contributed by atoms with E-state index >= 15 is 0 Å². The summed E-state index contributed by atoms with van der Waals surface area (Å²) in [7, 11) is 0. The maximum atomic E-state index is 12.5. The van der Waals surface area contributed by atoms with Gasteiger partial charge in [0.15, 0.2) is 0 Å². The lowest BCUT2D eigenvalue weighted by atomic mass is 9.96. The molecule has 1 saturated heterocycles. The number of carbonyl (C=O) groups is 3. The molecule has 7 heteroatoms. The number of nitrogens with zero attached hydrogens (tertiary/aromatic N) is 1. The van der Waals surface area contributed by atoms with Crippen LogP contribution in [0, 0.1) is 5.92 Å². The van der Waals surface area contributed by atoms with Gasteiger partial charge in [0.05, 0.1) is 0 Å². The van der Waals surface area contributed by atoms with Crippen molar-refractivity contribution in [3.8, 4) is 0 Å². The number of hydrogen-bond acceptors (Lipinski definition) is 3. The van der Waals surface area contributed by atoms with Gasteiger partial charge in [-0.3, -0.25) is 14.5 Å². The Morgan fingerprint density at radius 1 is 1.35 bits per heavy atom. The van der Waals surface area contributed by atoms with Gasteiger partial charge < -0.3 is 10.6 Å². The number of hydrogen-bond donors (Lipinski definition) is 2. The van der Waals surface area contributed by atoms with E-state index in [0.717, 1.165) is 35.1 Å². The first-order chi connectivity index (χ1) is 12.3. The van der Waals surface area contributed by atoms with Crippen molar-refractivity contribution in [1.29, 1.82) is 0 Å². The normalized spacial score (nSPS) is 23.7. The van der Waals surface area contributed by atoms with E-state index in [1.165, 1.54) is 5.56 Å². The van der Waals surface area contributed by atoms with E-state index in [0.29, 0.717) is 0 Å². The Labute approximate surface area is 161 Å². The quantitative estimate of drug-likeness (QED) is 0.664. The van der Waals surface area contributed by atoms with Crippen LogP contribution in [0.1, 0.15) is 38.7 Å². The van der Waals surface area contributed by atoms with Crippen LogP contribution in [-0.4, -0.2) is 40.9 Å². The molecule has 0 bridgehead atoms. The summed E-state index contributed by atoms with van der Waals surface area (Å²) in [6.45, 7) is 3.45. The molecule has 1 aromatic carbocycles. The summed E-state index contributed by atoms with van der Waals surface area (Å²) in [6, 6.07) is 7.57. The minimum Gasteiger partial charge on any atom is -0.352 e. The second kappa shape index (κ2) is 7.39. The molecule has 2 fully saturated rings. The molecular weight excluding hydrogens is 398 g/mol. The highest BCUT2D eigenvalue weighted by Gasteiger charge is 2.56. The van der Waals surface area contributed by atoms with E-state index < -0.39 is 11.6 Å². The summed E-state index contributed by atoms with van der Waals surface area (Å²) in [6.07, 6.45) is 3.51. The fourth-order valence-electron chi connectivity index (χ4n) is 3.37. The SMILES string of the molecule is CC(CCc1ccc(Br)cc1)NC(=O)CN1C(=O)NC(C)(C2CC2)C1=O. The lowest BCUT2D eigenvalue weighted by Gasteiger charge is -2.21. The summed E-state index contributed by atoms with van der Waals surface area (Å²) < 4.78 is 1.04. The van der Waals surface area contributed by atoms with Crippen LogP contribution in [0.3, 0.4) is 0 Å². The Kier molecular flexibility index (Phi) is 5.37. The van der Waals surface area contributed by atoms with Crippen LogP contribution in [-0.2, 0) is 16.0 Å². The molecule has 1 aliphatic carbocycles. The smallest absolute Gasteiger partial charge is 0.325 e. The Hall–Kier alpha value is -1.89. The molecule has 1 saturated carbocycles. The predicted octanol–water partition coefficient (Wildman–Crippen LogP) is 2.61. The van der Waals surface area contributed by atoms with Crippen LogP contribution < -0.4 is 10.6 Å². The van der Waals surface area contributed by atoms with Crippen LogP contribution >= 0.6 is 15.9 Å². The van der Waals surface area contributed by atoms with Crippen LogP contribution in [0.15, 0.2) is 28.7 Å². The van der Waals surface area contributed by atoms with Gasteiger partial charge in [0.2, 0.25) is 5.91 Å². The summed E-state index contributed by atoms with van der Waals surface area (Å²) >= 11 is 3.41. The van der Waals surface area contributed by atoms with E-state index in [-0.39, 0.29) is 30.3 Å². The molecule has 1 aromatic rings. The average molecular weight is 422 g/mol. The number of nitrogens with one attached hydrogen (secondary N) is 2. The Bertz CT molecular complexity index is 717. The third-order valence-electron chi connectivity index (χ3n) is 5.18. The number of halogens is 1. The molecule has 6 nitrogen and oxygen atoms in total. The van der Waals surface area contributed by atoms with Crippen molar-refractivity contribution in [3.63, 3.8) is 0 Å². The zero-order valence-corrected chi connectivity index (χ0v) is 16.6. The predicted molar refractivity (Wildman–Crippen MR) is 101 cm³/mol. The number of rotatable bonds is 7. The largest absolute Gasteiger partial charge is 0.352 e. The summed E-state index contributed by atoms with van der Waals surface area (Å²) in [4.78, 5) is 37.9. The maximum Gasteiger partial charge on any atom is 0.325 e. The van der Waals surface area contributed by atoms with Crippen molar-refractivity contribution in [1.82, 2.24) is 15.5 Å². The number of carbonyl (C=O) groups excluding carboxylic acids is 3. The third-order valence-corrected chi connectivity index (χ3v) is 5.71. The maximum absolute atomic E-state index is 12.5. The molecular formula is C19H24BrN3O3. The van der Waals surface area contributed by atoms with Crippen LogP contribution in [0.2, 0.25) is 0 Å². The molecule has 140 valence electrons. The van der Waals surface area contributed by atoms with Gasteiger partial charge in [-0.25, -0.2) is 4.79 Å². The van der Waals surface area contributed by atoms with Crippen molar-refractivity contribution < 1.29 is 14.4 Å². The zero-order chi connectivity index (χ0) is 18.9. The Morgan fingerprint density at radius 2 is 2.00 bits per heavy atom. The molecule has 2 N–H and O–H groups in total. The van der Waals surface area contributed by atoms with Gasteiger partial charge in [0.1, 0.15) is 12.1 Å². The topological polar surface area (TPSA) is 78.5 Å². The second-order valence-corrected chi connectivity index (χ2v) is 8.35. The van der Waals surface area contributed by atoms with Gasteiger partial charge in [-0.1, -0.05) is 28.1 Å². The molecule has 0 aromatic heterocycles. The lowest BCUT2D eigenvalue weighted by Crippen LogP contribution is -2.47. The van der Waals surface area contributed by atoms with E-state index in [2.05, 4.69) is 26.6 Å². The number of aryl methyl sites for hydroxylation is 1. The molecule has 0 radical (unpaired) electrons. The average Bonchev–Trinajstić information content (AvgIpc) is 3.41. The van der Waals surface area contributed by atoms with Crippen LogP contribution in [0.25, 0.3) is 0 Å². The second-order valence-electron chi connectivity index (χ2n) is 7.43. The molecule has 2 atom stereocenters. The van der Waals surface area contributed by atoms with Crippen molar-refractivity contribution in [2.45, 2.75) is 51.1 Å². The molecule has 3 rings (SSSR count). The first-order valence-corrected chi connectivity index (χ1v) is 9.77. The van der Waals surface area contributed by atoms with Crippen molar-refractivity contribution in [2.24, 2.45) is 5.92 Å². The highest BCUT2D eigenvalue weighted by Crippen LogP contribution is 2.42. The molecule has 1 aliphatic heterocycles. The monoisotopic (exact) mass is 421 g/mol. The number of imide groups is 1. The standard InChI is InChI=1S/C19H24BrN3O3/c1-12(3-4-13-5-9-15(20)10-6-13)21-16(24)11-23-17(25)19(2,14-7-8-14)22-18(23)26/h5-6,9-10,12,14H,3-4,7-8,11H2,1-2H3,(H,21,24)(H,22,26). The van der Waals surface area contributed by atoms with Gasteiger partial charge in [-0.15, -0.1) is 0 Å². The van der Waals surface area contributed by atoms with E-state index in [1.54, 1.807) is 6.92 Å². The number of amides is 4. The van der Waals surface area contributed by atoms with Crippen molar-refractivity contribution in [3.05, 3.63) is 34.3 Å². The Balaban J connectivity index is 1.48. The Morgan fingerprint density at radius 3 is 2.62 bits per heavy atom. The van der Waals surface area contributed by atoms with E-state index in [1.807, 2.05) is 31.2 Å². The minimum atomic E-state index is -0.843. The molecule has 1 heterocycles. The first kappa shape index (κ1) is 18.9. The molecule has 4 amide bonds. The van der Waals surface area contributed by atoms with Crippen molar-refractivity contribution in [2.75, 3.05) is 6.54 Å². The number of urea groups is 1. The van der Waals surface area contributed by atoms with Crippen LogP contribution in [0.5, 0.6) is 0 Å². The summed E-state index contributed by atoms with van der Waals surface area (Å²) in [5.41, 5.74) is 0.355. The van der Waals surface area contributed by atoms with E-state index in [4.69, 9.17) is 0 Å². The summed E-state index contributed by atoms with van der Waals surface area (Å²) in [5, 5.41) is 5.64. The van der Waals surface area contributed by atoms with Gasteiger partial charge in [-0.2, -0.15) is 0 Å². The molecule has 2 aliphatic rings. The highest BCUT2D eigenvalue weighted by molar-refractivity contribution is 9.10. The van der Waals surface area contributed by atoms with Crippen molar-refractivity contribution >= 4 is 33.8 Å². The first-order valence-electron chi connectivity index (χ1n) is 8.97.